The van der Waals surface area contributed by atoms with Gasteiger partial charge in [-0.05, 0) is 30.7 Å². The number of aliphatic hydroxyl groups is 1. The predicted octanol–water partition coefficient (Wildman–Crippen LogP) is 0.751. The van der Waals surface area contributed by atoms with Gasteiger partial charge >= 0.3 is 0 Å². The topological polar surface area (TPSA) is 90.8 Å². The van der Waals surface area contributed by atoms with Crippen LogP contribution in [0, 0.1) is 5.92 Å². The van der Waals surface area contributed by atoms with Crippen molar-refractivity contribution in [3.63, 3.8) is 0 Å². The number of hydrogen-bond acceptors (Lipinski definition) is 4. The highest BCUT2D eigenvalue weighted by atomic mass is 16.3. The predicted molar refractivity (Wildman–Crippen MR) is 85.6 cm³/mol. The van der Waals surface area contributed by atoms with Gasteiger partial charge in [-0.2, -0.15) is 5.10 Å². The Labute approximate surface area is 135 Å². The first-order valence-electron chi connectivity index (χ1n) is 8.00. The number of nitrogens with zero attached hydrogens (tertiary/aromatic N) is 1. The quantitative estimate of drug-likeness (QED) is 0.749. The molecule has 0 aromatic heterocycles. The van der Waals surface area contributed by atoms with Gasteiger partial charge in [-0.25, -0.2) is 5.43 Å². The summed E-state index contributed by atoms with van der Waals surface area (Å²) in [5.41, 5.74) is 3.86. The van der Waals surface area contributed by atoms with E-state index in [0.717, 1.165) is 12.0 Å². The van der Waals surface area contributed by atoms with Crippen molar-refractivity contribution < 1.29 is 14.7 Å². The van der Waals surface area contributed by atoms with Crippen molar-refractivity contribution in [3.05, 3.63) is 35.9 Å². The first-order chi connectivity index (χ1) is 11.1. The maximum absolute atomic E-state index is 12.4. The van der Waals surface area contributed by atoms with Crippen LogP contribution in [0.5, 0.6) is 0 Å². The van der Waals surface area contributed by atoms with Crippen molar-refractivity contribution in [3.8, 4) is 0 Å². The van der Waals surface area contributed by atoms with Crippen LogP contribution in [0.25, 0.3) is 0 Å². The molecule has 1 aliphatic carbocycles. The molecular formula is C17H21N3O3. The lowest BCUT2D eigenvalue weighted by Gasteiger charge is -2.38. The smallest absolute Gasteiger partial charge is 0.267 e. The number of hydrazone groups is 1. The lowest BCUT2D eigenvalue weighted by molar-refractivity contribution is -0.121. The molecule has 2 amide bonds. The van der Waals surface area contributed by atoms with Gasteiger partial charge in [0, 0.05) is 18.9 Å². The molecule has 23 heavy (non-hydrogen) atoms. The molecule has 0 saturated heterocycles. The molecule has 1 heterocycles. The third-order valence-corrected chi connectivity index (χ3v) is 4.50. The van der Waals surface area contributed by atoms with Crippen molar-refractivity contribution >= 4 is 17.5 Å². The molecule has 122 valence electrons. The van der Waals surface area contributed by atoms with Crippen LogP contribution in [0.2, 0.25) is 0 Å². The minimum atomic E-state index is -0.263. The van der Waals surface area contributed by atoms with E-state index in [9.17, 15) is 14.7 Å². The Bertz CT molecular complexity index is 609. The average molecular weight is 315 g/mol. The van der Waals surface area contributed by atoms with Gasteiger partial charge in [0.15, 0.2) is 0 Å². The summed E-state index contributed by atoms with van der Waals surface area (Å²) in [6.45, 7) is 0. The van der Waals surface area contributed by atoms with Crippen molar-refractivity contribution in [2.24, 2.45) is 11.0 Å². The van der Waals surface area contributed by atoms with E-state index in [4.69, 9.17) is 0 Å². The van der Waals surface area contributed by atoms with Gasteiger partial charge in [-0.3, -0.25) is 9.59 Å². The van der Waals surface area contributed by atoms with Crippen molar-refractivity contribution in [1.29, 1.82) is 0 Å². The molecule has 0 bridgehead atoms. The molecule has 3 rings (SSSR count). The van der Waals surface area contributed by atoms with Gasteiger partial charge in [0.2, 0.25) is 5.91 Å². The Kier molecular flexibility index (Phi) is 4.71. The Morgan fingerprint density at radius 3 is 2.65 bits per heavy atom. The van der Waals surface area contributed by atoms with E-state index in [0.29, 0.717) is 25.0 Å². The maximum Gasteiger partial charge on any atom is 0.267 e. The molecule has 1 atom stereocenters. The van der Waals surface area contributed by atoms with Crippen molar-refractivity contribution in [1.82, 2.24) is 10.7 Å². The summed E-state index contributed by atoms with van der Waals surface area (Å²) in [4.78, 5) is 23.5. The second-order valence-electron chi connectivity index (χ2n) is 6.25. The van der Waals surface area contributed by atoms with E-state index in [1.807, 2.05) is 30.3 Å². The Balaban J connectivity index is 1.66. The van der Waals surface area contributed by atoms with E-state index in [1.54, 1.807) is 0 Å². The van der Waals surface area contributed by atoms with Crippen LogP contribution in [0.1, 0.15) is 31.2 Å². The molecule has 0 radical (unpaired) electrons. The SMILES string of the molecule is O=C1CCC(C(=O)N[C@H](Cc2ccccc2)C2CC(O)C2)=NN1. The summed E-state index contributed by atoms with van der Waals surface area (Å²) in [7, 11) is 0. The average Bonchev–Trinajstić information content (AvgIpc) is 2.53. The molecule has 1 aromatic rings. The van der Waals surface area contributed by atoms with E-state index >= 15 is 0 Å². The maximum atomic E-state index is 12.4. The van der Waals surface area contributed by atoms with Crippen molar-refractivity contribution in [2.45, 2.75) is 44.2 Å². The number of nitrogens with one attached hydrogen (secondary N) is 2. The summed E-state index contributed by atoms with van der Waals surface area (Å²) >= 11 is 0. The first-order valence-corrected chi connectivity index (χ1v) is 8.00. The van der Waals surface area contributed by atoms with Crippen LogP contribution in [0.3, 0.4) is 0 Å². The van der Waals surface area contributed by atoms with Crippen molar-refractivity contribution in [2.75, 3.05) is 0 Å². The number of amides is 2. The molecule has 6 heteroatoms. The third-order valence-electron chi connectivity index (χ3n) is 4.50. The third kappa shape index (κ3) is 3.96. The monoisotopic (exact) mass is 315 g/mol. The molecular weight excluding hydrogens is 294 g/mol. The highest BCUT2D eigenvalue weighted by molar-refractivity contribution is 6.39. The second-order valence-corrected chi connectivity index (χ2v) is 6.25. The minimum Gasteiger partial charge on any atom is -0.393 e. The molecule has 0 spiro atoms. The zero-order chi connectivity index (χ0) is 16.2. The second kappa shape index (κ2) is 6.91. The highest BCUT2D eigenvalue weighted by Crippen LogP contribution is 2.31. The van der Waals surface area contributed by atoms with E-state index in [-0.39, 0.29) is 36.3 Å². The summed E-state index contributed by atoms with van der Waals surface area (Å²) in [6, 6.07) is 9.95. The first kappa shape index (κ1) is 15.7. The number of carbonyl (C=O) groups is 2. The fourth-order valence-electron chi connectivity index (χ4n) is 3.05. The van der Waals surface area contributed by atoms with Crippen LogP contribution < -0.4 is 10.7 Å². The number of rotatable bonds is 5. The Morgan fingerprint density at radius 1 is 1.30 bits per heavy atom. The number of benzene rings is 1. The van der Waals surface area contributed by atoms with E-state index in [1.165, 1.54) is 0 Å². The molecule has 1 saturated carbocycles. The molecule has 3 N–H and O–H groups in total. The van der Waals surface area contributed by atoms with Crippen LogP contribution >= 0.6 is 0 Å². The number of aliphatic hydroxyl groups excluding tert-OH is 1. The largest absolute Gasteiger partial charge is 0.393 e. The van der Waals surface area contributed by atoms with E-state index < -0.39 is 0 Å². The summed E-state index contributed by atoms with van der Waals surface area (Å²) in [6.07, 6.45) is 2.54. The zero-order valence-corrected chi connectivity index (χ0v) is 12.9. The Hall–Kier alpha value is -2.21. The van der Waals surface area contributed by atoms with Gasteiger partial charge in [0.1, 0.15) is 5.71 Å². The molecule has 1 aliphatic heterocycles. The van der Waals surface area contributed by atoms with Gasteiger partial charge in [0.05, 0.1) is 6.10 Å². The van der Waals surface area contributed by atoms with Gasteiger partial charge in [0.25, 0.3) is 5.91 Å². The lowest BCUT2D eigenvalue weighted by Crippen LogP contribution is -2.50. The van der Waals surface area contributed by atoms with Crippen LogP contribution in [0.4, 0.5) is 0 Å². The Morgan fingerprint density at radius 2 is 2.04 bits per heavy atom. The van der Waals surface area contributed by atoms with Gasteiger partial charge in [-0.1, -0.05) is 30.3 Å². The normalized spacial score (nSPS) is 24.9. The van der Waals surface area contributed by atoms with Crippen LogP contribution in [0.15, 0.2) is 35.4 Å². The standard InChI is InChI=1S/C17H21N3O3/c21-13-9-12(10-13)15(8-11-4-2-1-3-5-11)18-17(23)14-6-7-16(22)20-19-14/h1-5,12-13,15,21H,6-10H2,(H,18,23)(H,20,22)/t12?,13?,15-/m1/s1. The van der Waals surface area contributed by atoms with Crippen LogP contribution in [-0.2, 0) is 16.0 Å². The molecule has 1 fully saturated rings. The number of carbonyl (C=O) groups excluding carboxylic acids is 2. The number of hydrogen-bond donors (Lipinski definition) is 3. The summed E-state index contributed by atoms with van der Waals surface area (Å²) < 4.78 is 0. The lowest BCUT2D eigenvalue weighted by atomic mass is 9.75. The minimum absolute atomic E-state index is 0.0337. The fraction of sp³-hybridized carbons (Fsp3) is 0.471. The fourth-order valence-corrected chi connectivity index (χ4v) is 3.05. The summed E-state index contributed by atoms with van der Waals surface area (Å²) in [5.74, 6) is -0.121. The molecule has 1 aromatic carbocycles. The summed E-state index contributed by atoms with van der Waals surface area (Å²) in [5, 5.41) is 16.4. The molecule has 6 nitrogen and oxygen atoms in total. The molecule has 2 aliphatic rings. The van der Waals surface area contributed by atoms with E-state index in [2.05, 4.69) is 15.8 Å². The van der Waals surface area contributed by atoms with Crippen LogP contribution in [-0.4, -0.2) is 34.8 Å². The highest BCUT2D eigenvalue weighted by Gasteiger charge is 2.35. The van der Waals surface area contributed by atoms with Gasteiger partial charge in [-0.15, -0.1) is 0 Å². The zero-order valence-electron chi connectivity index (χ0n) is 12.9. The van der Waals surface area contributed by atoms with Gasteiger partial charge < -0.3 is 10.4 Å². The molecule has 0 unspecified atom stereocenters.